The van der Waals surface area contributed by atoms with E-state index in [1.165, 1.54) is 11.3 Å². The van der Waals surface area contributed by atoms with Gasteiger partial charge in [-0.2, -0.15) is 5.10 Å². The molecule has 4 nitrogen and oxygen atoms in total. The number of fused-ring (bicyclic) bond motifs is 1. The van der Waals surface area contributed by atoms with E-state index < -0.39 is 0 Å². The molecule has 27 heavy (non-hydrogen) atoms. The van der Waals surface area contributed by atoms with E-state index in [0.717, 1.165) is 22.0 Å². The van der Waals surface area contributed by atoms with Crippen LogP contribution in [0.3, 0.4) is 0 Å². The number of thiazole rings is 1. The number of phenolic OH excluding ortho intramolecular Hbond substituents is 1. The van der Waals surface area contributed by atoms with Crippen molar-refractivity contribution in [3.05, 3.63) is 75.6 Å². The number of nitrogens with one attached hydrogen (secondary N) is 1. The number of aromatic hydroxyl groups is 1. The molecule has 0 unspecified atom stereocenters. The minimum atomic E-state index is 0.173. The molecule has 0 aliphatic heterocycles. The monoisotopic (exact) mass is 413 g/mol. The molecule has 4 aromatic rings. The molecular formula is C20H13Cl2N3OS. The lowest BCUT2D eigenvalue weighted by atomic mass is 10.0. The van der Waals surface area contributed by atoms with E-state index in [2.05, 4.69) is 15.5 Å². The molecule has 0 aliphatic rings. The second-order valence-electron chi connectivity index (χ2n) is 5.75. The average Bonchev–Trinajstić information content (AvgIpc) is 3.12. The van der Waals surface area contributed by atoms with Crippen molar-refractivity contribution in [3.63, 3.8) is 0 Å². The molecule has 0 bridgehead atoms. The molecule has 0 radical (unpaired) electrons. The van der Waals surface area contributed by atoms with Crippen molar-refractivity contribution in [2.45, 2.75) is 0 Å². The summed E-state index contributed by atoms with van der Waals surface area (Å²) in [6, 6.07) is 16.6. The predicted molar refractivity (Wildman–Crippen MR) is 114 cm³/mol. The molecule has 0 atom stereocenters. The van der Waals surface area contributed by atoms with Gasteiger partial charge in [-0.25, -0.2) is 4.98 Å². The van der Waals surface area contributed by atoms with Crippen molar-refractivity contribution in [2.24, 2.45) is 5.10 Å². The van der Waals surface area contributed by atoms with E-state index in [9.17, 15) is 5.11 Å². The Hall–Kier alpha value is -2.60. The van der Waals surface area contributed by atoms with Crippen LogP contribution in [0.5, 0.6) is 5.75 Å². The summed E-state index contributed by atoms with van der Waals surface area (Å²) in [5.41, 5.74) is 5.10. The Morgan fingerprint density at radius 3 is 2.78 bits per heavy atom. The molecule has 1 heterocycles. The fraction of sp³-hybridized carbons (Fsp3) is 0. The van der Waals surface area contributed by atoms with Gasteiger partial charge >= 0.3 is 0 Å². The Labute approximate surface area is 169 Å². The molecule has 0 amide bonds. The molecule has 4 rings (SSSR count). The van der Waals surface area contributed by atoms with Crippen LogP contribution in [0.1, 0.15) is 5.56 Å². The molecule has 1 aromatic heterocycles. The van der Waals surface area contributed by atoms with Gasteiger partial charge in [0.25, 0.3) is 0 Å². The standard InChI is InChI=1S/C20H13Cl2N3OS/c21-13-6-7-15(17(22)9-13)18-11-27-20(24-18)25-23-10-16-14-4-2-1-3-12(14)5-8-19(16)26/h1-11,26H,(H,24,25). The molecule has 0 saturated carbocycles. The Kier molecular flexibility index (Phi) is 4.99. The first-order chi connectivity index (χ1) is 13.1. The van der Waals surface area contributed by atoms with Crippen LogP contribution in [-0.4, -0.2) is 16.3 Å². The summed E-state index contributed by atoms with van der Waals surface area (Å²) in [4.78, 5) is 4.49. The number of hydrogen-bond donors (Lipinski definition) is 2. The number of hydrazone groups is 1. The number of nitrogens with zero attached hydrogens (tertiary/aromatic N) is 2. The van der Waals surface area contributed by atoms with Crippen molar-refractivity contribution in [1.29, 1.82) is 0 Å². The molecule has 0 saturated heterocycles. The highest BCUT2D eigenvalue weighted by Gasteiger charge is 2.09. The number of rotatable bonds is 4. The lowest BCUT2D eigenvalue weighted by Gasteiger charge is -2.04. The lowest BCUT2D eigenvalue weighted by Crippen LogP contribution is -1.92. The summed E-state index contributed by atoms with van der Waals surface area (Å²) in [6.07, 6.45) is 1.59. The molecule has 0 spiro atoms. The van der Waals surface area contributed by atoms with E-state index >= 15 is 0 Å². The molecule has 2 N–H and O–H groups in total. The number of anilines is 1. The summed E-state index contributed by atoms with van der Waals surface area (Å²) < 4.78 is 0. The fourth-order valence-electron chi connectivity index (χ4n) is 2.72. The second-order valence-corrected chi connectivity index (χ2v) is 7.45. The van der Waals surface area contributed by atoms with Crippen molar-refractivity contribution >= 4 is 56.7 Å². The maximum Gasteiger partial charge on any atom is 0.203 e. The second kappa shape index (κ2) is 7.56. The summed E-state index contributed by atoms with van der Waals surface area (Å²) in [7, 11) is 0. The third kappa shape index (κ3) is 3.76. The molecule has 134 valence electrons. The van der Waals surface area contributed by atoms with Gasteiger partial charge in [-0.3, -0.25) is 5.43 Å². The first-order valence-corrected chi connectivity index (χ1v) is 9.66. The van der Waals surface area contributed by atoms with Gasteiger partial charge in [0.2, 0.25) is 5.13 Å². The molecule has 3 aromatic carbocycles. The van der Waals surface area contributed by atoms with E-state index in [4.69, 9.17) is 23.2 Å². The van der Waals surface area contributed by atoms with Crippen LogP contribution in [0.4, 0.5) is 5.13 Å². The molecule has 0 fully saturated rings. The predicted octanol–water partition coefficient (Wildman–Crippen LogP) is 6.42. The van der Waals surface area contributed by atoms with Gasteiger partial charge in [-0.1, -0.05) is 53.5 Å². The number of phenols is 1. The van der Waals surface area contributed by atoms with Gasteiger partial charge < -0.3 is 5.11 Å². The normalized spacial score (nSPS) is 11.3. The van der Waals surface area contributed by atoms with Crippen LogP contribution in [0.25, 0.3) is 22.0 Å². The largest absolute Gasteiger partial charge is 0.507 e. The molecular weight excluding hydrogens is 401 g/mol. The number of hydrogen-bond acceptors (Lipinski definition) is 5. The summed E-state index contributed by atoms with van der Waals surface area (Å²) in [5, 5.41) is 20.0. The van der Waals surface area contributed by atoms with E-state index in [-0.39, 0.29) is 5.75 Å². The minimum Gasteiger partial charge on any atom is -0.507 e. The summed E-state index contributed by atoms with van der Waals surface area (Å²) in [6.45, 7) is 0. The van der Waals surface area contributed by atoms with E-state index in [1.54, 1.807) is 24.4 Å². The third-order valence-corrected chi connectivity index (χ3v) is 5.31. The highest BCUT2D eigenvalue weighted by atomic mass is 35.5. The smallest absolute Gasteiger partial charge is 0.203 e. The third-order valence-electron chi connectivity index (χ3n) is 4.01. The van der Waals surface area contributed by atoms with Gasteiger partial charge in [0, 0.05) is 21.5 Å². The van der Waals surface area contributed by atoms with Gasteiger partial charge in [0.15, 0.2) is 0 Å². The van der Waals surface area contributed by atoms with Crippen LogP contribution in [0, 0.1) is 0 Å². The number of halogens is 2. The minimum absolute atomic E-state index is 0.173. The zero-order valence-electron chi connectivity index (χ0n) is 13.9. The van der Waals surface area contributed by atoms with Gasteiger partial charge in [-0.15, -0.1) is 11.3 Å². The quantitative estimate of drug-likeness (QED) is 0.299. The van der Waals surface area contributed by atoms with E-state index in [1.807, 2.05) is 41.8 Å². The van der Waals surface area contributed by atoms with Gasteiger partial charge in [0.1, 0.15) is 5.75 Å². The van der Waals surface area contributed by atoms with E-state index in [0.29, 0.717) is 20.7 Å². The van der Waals surface area contributed by atoms with Crippen LogP contribution < -0.4 is 5.43 Å². The highest BCUT2D eigenvalue weighted by molar-refractivity contribution is 7.14. The maximum atomic E-state index is 10.2. The summed E-state index contributed by atoms with van der Waals surface area (Å²) in [5.74, 6) is 0.173. The zero-order valence-corrected chi connectivity index (χ0v) is 16.2. The van der Waals surface area contributed by atoms with Gasteiger partial charge in [0.05, 0.1) is 16.9 Å². The molecule has 0 aliphatic carbocycles. The number of benzene rings is 3. The first kappa shape index (κ1) is 17.8. The van der Waals surface area contributed by atoms with Crippen molar-refractivity contribution < 1.29 is 5.11 Å². The summed E-state index contributed by atoms with van der Waals surface area (Å²) >= 11 is 13.6. The Morgan fingerprint density at radius 1 is 1.07 bits per heavy atom. The SMILES string of the molecule is Oc1ccc2ccccc2c1C=NNc1nc(-c2ccc(Cl)cc2Cl)cs1. The van der Waals surface area contributed by atoms with Gasteiger partial charge in [-0.05, 0) is 35.0 Å². The molecule has 7 heteroatoms. The fourth-order valence-corrected chi connectivity index (χ4v) is 3.88. The lowest BCUT2D eigenvalue weighted by molar-refractivity contribution is 0.475. The first-order valence-electron chi connectivity index (χ1n) is 8.02. The van der Waals surface area contributed by atoms with Crippen molar-refractivity contribution in [3.8, 4) is 17.0 Å². The Bertz CT molecular complexity index is 1160. The average molecular weight is 414 g/mol. The zero-order chi connectivity index (χ0) is 18.8. The Morgan fingerprint density at radius 2 is 1.93 bits per heavy atom. The maximum absolute atomic E-state index is 10.2. The van der Waals surface area contributed by atoms with Crippen LogP contribution >= 0.6 is 34.5 Å². The van der Waals surface area contributed by atoms with Crippen molar-refractivity contribution in [1.82, 2.24) is 4.98 Å². The Balaban J connectivity index is 1.57. The van der Waals surface area contributed by atoms with Crippen molar-refractivity contribution in [2.75, 3.05) is 5.43 Å². The van der Waals surface area contributed by atoms with Crippen LogP contribution in [0.2, 0.25) is 10.0 Å². The topological polar surface area (TPSA) is 57.5 Å². The highest BCUT2D eigenvalue weighted by Crippen LogP contribution is 2.32. The van der Waals surface area contributed by atoms with Crippen LogP contribution in [-0.2, 0) is 0 Å². The number of aromatic nitrogens is 1. The van der Waals surface area contributed by atoms with Crippen LogP contribution in [0.15, 0.2) is 65.1 Å².